The maximum atomic E-state index is 13.6. The van der Waals surface area contributed by atoms with Gasteiger partial charge in [0.25, 0.3) is 0 Å². The minimum atomic E-state index is -0.707. The predicted octanol–water partition coefficient (Wildman–Crippen LogP) is 1.87. The van der Waals surface area contributed by atoms with Crippen molar-refractivity contribution >= 4 is 11.6 Å². The van der Waals surface area contributed by atoms with E-state index in [1.807, 2.05) is 6.92 Å². The zero-order valence-electron chi connectivity index (χ0n) is 10.4. The molecule has 1 atom stereocenters. The number of pyridine rings is 1. The molecular weight excluding hydrogens is 228 g/mol. The van der Waals surface area contributed by atoms with Crippen LogP contribution in [0.5, 0.6) is 0 Å². The lowest BCUT2D eigenvalue weighted by atomic mass is 10.3. The lowest BCUT2D eigenvalue weighted by Crippen LogP contribution is -2.34. The average Bonchev–Trinajstić information content (AvgIpc) is 2.29. The number of ether oxygens (including phenoxy) is 1. The van der Waals surface area contributed by atoms with Gasteiger partial charge in [0, 0.05) is 27.3 Å². The summed E-state index contributed by atoms with van der Waals surface area (Å²) in [4.78, 5) is 5.51. The Morgan fingerprint density at radius 1 is 1.47 bits per heavy atom. The molecule has 0 radical (unpaired) electrons. The van der Waals surface area contributed by atoms with Gasteiger partial charge in [0.1, 0.15) is 0 Å². The van der Waals surface area contributed by atoms with Crippen LogP contribution < -0.4 is 10.2 Å². The Labute approximate surface area is 99.6 Å². The summed E-state index contributed by atoms with van der Waals surface area (Å²) in [6.45, 7) is 2.30. The molecule has 4 nitrogen and oxygen atoms in total. The number of aromatic nitrogens is 1. The summed E-state index contributed by atoms with van der Waals surface area (Å²) in [5, 5.41) is 2.58. The van der Waals surface area contributed by atoms with Crippen molar-refractivity contribution in [1.82, 2.24) is 4.98 Å². The first-order chi connectivity index (χ1) is 8.01. The van der Waals surface area contributed by atoms with Gasteiger partial charge in [-0.15, -0.1) is 0 Å². The molecule has 6 heteroatoms. The van der Waals surface area contributed by atoms with E-state index in [0.717, 1.165) is 6.07 Å². The van der Waals surface area contributed by atoms with Crippen molar-refractivity contribution in [3.05, 3.63) is 17.7 Å². The first-order valence-corrected chi connectivity index (χ1v) is 5.26. The Morgan fingerprint density at radius 3 is 2.65 bits per heavy atom. The number of methoxy groups -OCH3 is 1. The summed E-state index contributed by atoms with van der Waals surface area (Å²) in [5.74, 6) is -1.27. The number of halogens is 2. The second kappa shape index (κ2) is 5.77. The Morgan fingerprint density at radius 2 is 2.12 bits per heavy atom. The Hall–Kier alpha value is -1.43. The highest BCUT2D eigenvalue weighted by atomic mass is 19.1. The Balaban J connectivity index is 3.04. The highest BCUT2D eigenvalue weighted by Gasteiger charge is 2.18. The fourth-order valence-corrected chi connectivity index (χ4v) is 1.44. The molecule has 0 fully saturated rings. The van der Waals surface area contributed by atoms with E-state index in [4.69, 9.17) is 4.74 Å². The zero-order valence-corrected chi connectivity index (χ0v) is 10.4. The normalized spacial score (nSPS) is 12.4. The number of hydrogen-bond donors (Lipinski definition) is 1. The number of hydrogen-bond acceptors (Lipinski definition) is 4. The quantitative estimate of drug-likeness (QED) is 0.859. The second-order valence-electron chi connectivity index (χ2n) is 3.79. The van der Waals surface area contributed by atoms with Gasteiger partial charge < -0.3 is 15.0 Å². The highest BCUT2D eigenvalue weighted by molar-refractivity contribution is 5.49. The van der Waals surface area contributed by atoms with Crippen molar-refractivity contribution in [1.29, 1.82) is 0 Å². The van der Waals surface area contributed by atoms with E-state index < -0.39 is 11.6 Å². The van der Waals surface area contributed by atoms with Crippen LogP contribution in [-0.4, -0.2) is 38.8 Å². The van der Waals surface area contributed by atoms with Crippen molar-refractivity contribution in [3.63, 3.8) is 0 Å². The van der Waals surface area contributed by atoms with Gasteiger partial charge in [-0.3, -0.25) is 0 Å². The minimum absolute atomic E-state index is 0.0258. The van der Waals surface area contributed by atoms with E-state index in [1.54, 1.807) is 19.1 Å². The molecule has 1 unspecified atom stereocenters. The molecule has 96 valence electrons. The molecule has 1 aromatic rings. The molecule has 1 aromatic heterocycles. The van der Waals surface area contributed by atoms with E-state index in [2.05, 4.69) is 10.3 Å². The van der Waals surface area contributed by atoms with Gasteiger partial charge in [-0.2, -0.15) is 0 Å². The minimum Gasteiger partial charge on any atom is -0.383 e. The molecule has 0 bridgehead atoms. The van der Waals surface area contributed by atoms with Gasteiger partial charge >= 0.3 is 0 Å². The molecule has 0 aliphatic carbocycles. The molecule has 0 saturated heterocycles. The summed E-state index contributed by atoms with van der Waals surface area (Å²) in [6.07, 6.45) is 0. The third kappa shape index (κ3) is 3.03. The van der Waals surface area contributed by atoms with Crippen molar-refractivity contribution in [2.24, 2.45) is 0 Å². The van der Waals surface area contributed by atoms with Crippen LogP contribution in [0.25, 0.3) is 0 Å². The first-order valence-electron chi connectivity index (χ1n) is 5.26. The highest BCUT2D eigenvalue weighted by Crippen LogP contribution is 2.22. The molecule has 0 saturated carbocycles. The number of anilines is 2. The van der Waals surface area contributed by atoms with Crippen LogP contribution in [0, 0.1) is 11.6 Å². The van der Waals surface area contributed by atoms with Crippen molar-refractivity contribution < 1.29 is 13.5 Å². The van der Waals surface area contributed by atoms with Crippen molar-refractivity contribution in [2.45, 2.75) is 13.0 Å². The van der Waals surface area contributed by atoms with Crippen LogP contribution in [0.3, 0.4) is 0 Å². The van der Waals surface area contributed by atoms with Crippen molar-refractivity contribution in [2.75, 3.05) is 38.0 Å². The van der Waals surface area contributed by atoms with Gasteiger partial charge in [-0.25, -0.2) is 13.8 Å². The second-order valence-corrected chi connectivity index (χ2v) is 3.79. The number of likely N-dealkylation sites (N-methyl/N-ethyl adjacent to an activating group) is 1. The van der Waals surface area contributed by atoms with Gasteiger partial charge in [-0.05, 0) is 6.92 Å². The lowest BCUT2D eigenvalue weighted by Gasteiger charge is -2.26. The zero-order chi connectivity index (χ0) is 13.0. The number of rotatable bonds is 5. The summed E-state index contributed by atoms with van der Waals surface area (Å²) < 4.78 is 31.8. The van der Waals surface area contributed by atoms with E-state index in [0.29, 0.717) is 6.61 Å². The van der Waals surface area contributed by atoms with Gasteiger partial charge in [0.05, 0.1) is 12.6 Å². The van der Waals surface area contributed by atoms with Gasteiger partial charge in [0.15, 0.2) is 23.3 Å². The van der Waals surface area contributed by atoms with E-state index >= 15 is 0 Å². The summed E-state index contributed by atoms with van der Waals surface area (Å²) in [6, 6.07) is 0.765. The fourth-order valence-electron chi connectivity index (χ4n) is 1.44. The predicted molar refractivity (Wildman–Crippen MR) is 63.4 cm³/mol. The smallest absolute Gasteiger partial charge is 0.168 e. The first kappa shape index (κ1) is 13.6. The topological polar surface area (TPSA) is 37.4 Å². The third-order valence-electron chi connectivity index (χ3n) is 2.55. The molecule has 0 aromatic carbocycles. The average molecular weight is 245 g/mol. The summed E-state index contributed by atoms with van der Waals surface area (Å²) in [7, 11) is 4.79. The molecule has 0 spiro atoms. The van der Waals surface area contributed by atoms with Gasteiger partial charge in [-0.1, -0.05) is 0 Å². The van der Waals surface area contributed by atoms with E-state index in [1.165, 1.54) is 7.05 Å². The molecule has 17 heavy (non-hydrogen) atoms. The van der Waals surface area contributed by atoms with E-state index in [9.17, 15) is 8.78 Å². The van der Waals surface area contributed by atoms with Crippen LogP contribution in [0.1, 0.15) is 6.92 Å². The molecule has 0 aliphatic heterocycles. The van der Waals surface area contributed by atoms with Crippen LogP contribution in [0.15, 0.2) is 6.07 Å². The number of nitrogens with zero attached hydrogens (tertiary/aromatic N) is 2. The van der Waals surface area contributed by atoms with Gasteiger partial charge in [0.2, 0.25) is 0 Å². The number of nitrogens with one attached hydrogen (secondary N) is 1. The van der Waals surface area contributed by atoms with Crippen LogP contribution in [0.2, 0.25) is 0 Å². The Bertz CT molecular complexity index is 387. The summed E-state index contributed by atoms with van der Waals surface area (Å²) in [5.41, 5.74) is 0. The molecule has 1 N–H and O–H groups in total. The fraction of sp³-hybridized carbons (Fsp3) is 0.545. The van der Waals surface area contributed by atoms with E-state index in [-0.39, 0.29) is 17.7 Å². The molecule has 1 heterocycles. The van der Waals surface area contributed by atoms with Crippen molar-refractivity contribution in [3.8, 4) is 0 Å². The lowest BCUT2D eigenvalue weighted by molar-refractivity contribution is 0.183. The molecule has 1 rings (SSSR count). The third-order valence-corrected chi connectivity index (χ3v) is 2.55. The monoisotopic (exact) mass is 245 g/mol. The molecule has 0 amide bonds. The SMILES string of the molecule is CNc1nc(N(C)C(C)COC)c(F)cc1F. The Kier molecular flexibility index (Phi) is 4.62. The summed E-state index contributed by atoms with van der Waals surface area (Å²) >= 11 is 0. The largest absolute Gasteiger partial charge is 0.383 e. The maximum absolute atomic E-state index is 13.6. The maximum Gasteiger partial charge on any atom is 0.168 e. The molecular formula is C11H17F2N3O. The van der Waals surface area contributed by atoms with Crippen LogP contribution in [0.4, 0.5) is 20.4 Å². The molecule has 0 aliphatic rings. The van der Waals surface area contributed by atoms with Crippen LogP contribution >= 0.6 is 0 Å². The standard InChI is InChI=1S/C11H17F2N3O/c1-7(6-17-4)16(3)11-9(13)5-8(12)10(14-2)15-11/h5,7H,6H2,1-4H3,(H,14,15). The van der Waals surface area contributed by atoms with Crippen LogP contribution in [-0.2, 0) is 4.74 Å².